The van der Waals surface area contributed by atoms with Gasteiger partial charge in [-0.3, -0.25) is 0 Å². The Balaban J connectivity index is 1.61. The molecule has 0 radical (unpaired) electrons. The topological polar surface area (TPSA) is 82.4 Å². The van der Waals surface area contributed by atoms with Crippen LogP contribution in [0.3, 0.4) is 0 Å². The molecule has 1 saturated heterocycles. The standard InChI is InChI=1S/C23H28FN5O2/c1-16(13-17(2)30)18-5-7-19(8-6-18)31-20-9-12-29(15-20)22-21(24)14-26-23(27-22)28(3)11-4-10-25/h5-8,14,16,20H,4,9,11-13,15H2,1-3H3/t16-,20-/m1/s1. The minimum absolute atomic E-state index is 0.0744. The van der Waals surface area contributed by atoms with Crippen molar-refractivity contribution in [3.8, 4) is 11.8 Å². The minimum Gasteiger partial charge on any atom is -0.489 e. The molecule has 164 valence electrons. The largest absolute Gasteiger partial charge is 0.489 e. The fourth-order valence-electron chi connectivity index (χ4n) is 3.71. The number of halogens is 1. The third-order valence-corrected chi connectivity index (χ3v) is 5.40. The van der Waals surface area contributed by atoms with Gasteiger partial charge in [-0.2, -0.15) is 10.2 Å². The molecule has 1 aliphatic rings. The van der Waals surface area contributed by atoms with Gasteiger partial charge in [0.05, 0.1) is 25.2 Å². The van der Waals surface area contributed by atoms with E-state index in [0.29, 0.717) is 38.4 Å². The van der Waals surface area contributed by atoms with Gasteiger partial charge < -0.3 is 19.3 Å². The summed E-state index contributed by atoms with van der Waals surface area (Å²) in [5.41, 5.74) is 1.10. The number of carbonyl (C=O) groups excluding carboxylic acids is 1. The van der Waals surface area contributed by atoms with Crippen LogP contribution in [0.1, 0.15) is 44.6 Å². The number of Topliss-reactive ketones (excluding diaryl/α,β-unsaturated/α-hetero) is 1. The summed E-state index contributed by atoms with van der Waals surface area (Å²) >= 11 is 0. The molecule has 2 atom stereocenters. The van der Waals surface area contributed by atoms with Crippen LogP contribution < -0.4 is 14.5 Å². The second kappa shape index (κ2) is 10.2. The zero-order chi connectivity index (χ0) is 22.4. The molecule has 7 nitrogen and oxygen atoms in total. The van der Waals surface area contributed by atoms with Crippen molar-refractivity contribution < 1.29 is 13.9 Å². The summed E-state index contributed by atoms with van der Waals surface area (Å²) in [6.45, 7) is 5.28. The smallest absolute Gasteiger partial charge is 0.227 e. The van der Waals surface area contributed by atoms with Crippen LogP contribution in [0.2, 0.25) is 0 Å². The zero-order valence-corrected chi connectivity index (χ0v) is 18.2. The molecule has 0 unspecified atom stereocenters. The first-order chi connectivity index (χ1) is 14.9. The van der Waals surface area contributed by atoms with Crippen molar-refractivity contribution >= 4 is 17.5 Å². The summed E-state index contributed by atoms with van der Waals surface area (Å²) in [6, 6.07) is 9.90. The number of ketones is 1. The van der Waals surface area contributed by atoms with Gasteiger partial charge >= 0.3 is 0 Å². The highest BCUT2D eigenvalue weighted by atomic mass is 19.1. The van der Waals surface area contributed by atoms with Crippen LogP contribution in [0.5, 0.6) is 5.75 Å². The molecule has 8 heteroatoms. The second-order valence-corrected chi connectivity index (χ2v) is 8.02. The Labute approximate surface area is 182 Å². The summed E-state index contributed by atoms with van der Waals surface area (Å²) in [4.78, 5) is 23.3. The number of carbonyl (C=O) groups is 1. The fourth-order valence-corrected chi connectivity index (χ4v) is 3.71. The van der Waals surface area contributed by atoms with E-state index < -0.39 is 5.82 Å². The average Bonchev–Trinajstić information content (AvgIpc) is 3.20. The van der Waals surface area contributed by atoms with Crippen molar-refractivity contribution in [2.24, 2.45) is 0 Å². The van der Waals surface area contributed by atoms with Crippen molar-refractivity contribution in [3.05, 3.63) is 41.8 Å². The maximum Gasteiger partial charge on any atom is 0.227 e. The van der Waals surface area contributed by atoms with Gasteiger partial charge in [-0.1, -0.05) is 19.1 Å². The minimum atomic E-state index is -0.470. The second-order valence-electron chi connectivity index (χ2n) is 8.02. The molecular formula is C23H28FN5O2. The van der Waals surface area contributed by atoms with Crippen LogP contribution in [-0.2, 0) is 4.79 Å². The number of hydrogen-bond donors (Lipinski definition) is 0. The molecular weight excluding hydrogens is 397 g/mol. The van der Waals surface area contributed by atoms with Crippen molar-refractivity contribution in [2.75, 3.05) is 36.5 Å². The third kappa shape index (κ3) is 5.91. The molecule has 2 aromatic rings. The summed E-state index contributed by atoms with van der Waals surface area (Å²) in [6.07, 6.45) is 2.73. The van der Waals surface area contributed by atoms with Crippen molar-refractivity contribution in [2.45, 2.75) is 45.1 Å². The SMILES string of the molecule is CC(=O)C[C@@H](C)c1ccc(O[C@@H]2CCN(c3nc(N(C)CCC#N)ncc3F)C2)cc1. The number of rotatable bonds is 9. The van der Waals surface area contributed by atoms with Crippen molar-refractivity contribution in [1.29, 1.82) is 5.26 Å². The van der Waals surface area contributed by atoms with E-state index in [-0.39, 0.29) is 23.6 Å². The van der Waals surface area contributed by atoms with E-state index in [2.05, 4.69) is 16.0 Å². The van der Waals surface area contributed by atoms with E-state index in [0.717, 1.165) is 17.7 Å². The molecule has 0 N–H and O–H groups in total. The third-order valence-electron chi connectivity index (χ3n) is 5.40. The first-order valence-corrected chi connectivity index (χ1v) is 10.5. The molecule has 1 aromatic heterocycles. The monoisotopic (exact) mass is 425 g/mol. The maximum atomic E-state index is 14.4. The molecule has 0 amide bonds. The first-order valence-electron chi connectivity index (χ1n) is 10.5. The van der Waals surface area contributed by atoms with Crippen LogP contribution >= 0.6 is 0 Å². The van der Waals surface area contributed by atoms with Crippen LogP contribution in [0, 0.1) is 17.1 Å². The lowest BCUT2D eigenvalue weighted by Gasteiger charge is -2.21. The summed E-state index contributed by atoms with van der Waals surface area (Å²) < 4.78 is 20.5. The van der Waals surface area contributed by atoms with Crippen LogP contribution in [0.25, 0.3) is 0 Å². The Kier molecular flexibility index (Phi) is 7.40. The Hall–Kier alpha value is -3.21. The number of anilines is 2. The number of hydrogen-bond acceptors (Lipinski definition) is 7. The number of aromatic nitrogens is 2. The molecule has 31 heavy (non-hydrogen) atoms. The lowest BCUT2D eigenvalue weighted by molar-refractivity contribution is -0.117. The highest BCUT2D eigenvalue weighted by molar-refractivity contribution is 5.76. The van der Waals surface area contributed by atoms with Gasteiger partial charge in [-0.05, 0) is 30.5 Å². The molecule has 3 rings (SSSR count). The Morgan fingerprint density at radius 1 is 1.42 bits per heavy atom. The average molecular weight is 426 g/mol. The zero-order valence-electron chi connectivity index (χ0n) is 18.2. The van der Waals surface area contributed by atoms with Crippen LogP contribution in [0.15, 0.2) is 30.5 Å². The molecule has 2 heterocycles. The number of benzene rings is 1. The van der Waals surface area contributed by atoms with Crippen molar-refractivity contribution in [1.82, 2.24) is 9.97 Å². The lowest BCUT2D eigenvalue weighted by Crippen LogP contribution is -2.28. The van der Waals surface area contributed by atoms with Gasteiger partial charge in [0.2, 0.25) is 5.95 Å². The number of nitrogens with zero attached hydrogens (tertiary/aromatic N) is 5. The highest BCUT2D eigenvalue weighted by Gasteiger charge is 2.28. The highest BCUT2D eigenvalue weighted by Crippen LogP contribution is 2.27. The first kappa shape index (κ1) is 22.5. The van der Waals surface area contributed by atoms with Gasteiger partial charge in [0.15, 0.2) is 11.6 Å². The van der Waals surface area contributed by atoms with Gasteiger partial charge in [0.1, 0.15) is 17.6 Å². The van der Waals surface area contributed by atoms with E-state index in [1.54, 1.807) is 18.9 Å². The van der Waals surface area contributed by atoms with Crippen molar-refractivity contribution in [3.63, 3.8) is 0 Å². The quantitative estimate of drug-likeness (QED) is 0.606. The summed E-state index contributed by atoms with van der Waals surface area (Å²) in [7, 11) is 1.78. The van der Waals surface area contributed by atoms with E-state index >= 15 is 0 Å². The molecule has 0 saturated carbocycles. The van der Waals surface area contributed by atoms with E-state index in [1.165, 1.54) is 6.20 Å². The van der Waals surface area contributed by atoms with E-state index in [1.807, 2.05) is 36.1 Å². The van der Waals surface area contributed by atoms with E-state index in [9.17, 15) is 9.18 Å². The Bertz CT molecular complexity index is 944. The van der Waals surface area contributed by atoms with Crippen LogP contribution in [0.4, 0.5) is 16.2 Å². The van der Waals surface area contributed by atoms with Gasteiger partial charge in [-0.15, -0.1) is 0 Å². The normalized spacial score (nSPS) is 16.6. The maximum absolute atomic E-state index is 14.4. The number of nitriles is 1. The predicted molar refractivity (Wildman–Crippen MR) is 117 cm³/mol. The van der Waals surface area contributed by atoms with Gasteiger partial charge in [-0.25, -0.2) is 9.37 Å². The Morgan fingerprint density at radius 2 is 2.16 bits per heavy atom. The lowest BCUT2D eigenvalue weighted by atomic mass is 9.96. The number of ether oxygens (including phenoxy) is 1. The summed E-state index contributed by atoms with van der Waals surface area (Å²) in [5, 5.41) is 8.75. The Morgan fingerprint density at radius 3 is 2.84 bits per heavy atom. The van der Waals surface area contributed by atoms with Gasteiger partial charge in [0, 0.05) is 33.0 Å². The van der Waals surface area contributed by atoms with Crippen LogP contribution in [-0.4, -0.2) is 48.5 Å². The molecule has 0 aliphatic carbocycles. The molecule has 1 aromatic carbocycles. The molecule has 1 fully saturated rings. The summed E-state index contributed by atoms with van der Waals surface area (Å²) in [5.74, 6) is 1.29. The fraction of sp³-hybridized carbons (Fsp3) is 0.478. The van der Waals surface area contributed by atoms with E-state index in [4.69, 9.17) is 10.00 Å². The van der Waals surface area contributed by atoms with Gasteiger partial charge in [0.25, 0.3) is 0 Å². The molecule has 0 spiro atoms. The molecule has 0 bridgehead atoms. The predicted octanol–water partition coefficient (Wildman–Crippen LogP) is 3.71. The molecule has 1 aliphatic heterocycles.